The molecule has 0 aromatic carbocycles. The van der Waals surface area contributed by atoms with E-state index in [0.717, 1.165) is 18.9 Å². The maximum Gasteiger partial charge on any atom is 0.0216 e. The van der Waals surface area contributed by atoms with Gasteiger partial charge < -0.3 is 11.1 Å². The molecular weight excluding hydrogens is 124 g/mol. The van der Waals surface area contributed by atoms with Crippen LogP contribution in [0.25, 0.3) is 0 Å². The van der Waals surface area contributed by atoms with Crippen LogP contribution in [-0.2, 0) is 0 Å². The molecule has 1 saturated heterocycles. The number of rotatable bonds is 1. The maximum atomic E-state index is 5.92. The molecule has 0 aromatic rings. The van der Waals surface area contributed by atoms with Gasteiger partial charge in [-0.1, -0.05) is 13.8 Å². The number of nitrogens with one attached hydrogen (secondary N) is 1. The van der Waals surface area contributed by atoms with Gasteiger partial charge in [-0.3, -0.25) is 0 Å². The Kier molecular flexibility index (Phi) is 2.69. The molecule has 0 aliphatic carbocycles. The molecule has 10 heavy (non-hydrogen) atoms. The van der Waals surface area contributed by atoms with Gasteiger partial charge in [0.1, 0.15) is 0 Å². The molecule has 0 aromatic heterocycles. The fraction of sp³-hybridized carbons (Fsp3) is 1.00. The fourth-order valence-electron chi connectivity index (χ4n) is 1.66. The van der Waals surface area contributed by atoms with Gasteiger partial charge >= 0.3 is 0 Å². The first-order chi connectivity index (χ1) is 4.74. The van der Waals surface area contributed by atoms with Gasteiger partial charge in [-0.15, -0.1) is 0 Å². The molecule has 3 atom stereocenters. The minimum Gasteiger partial charge on any atom is -0.326 e. The first kappa shape index (κ1) is 8.02. The molecule has 0 radical (unpaired) electrons. The highest BCUT2D eigenvalue weighted by molar-refractivity contribution is 4.85. The van der Waals surface area contributed by atoms with Crippen LogP contribution in [0.15, 0.2) is 0 Å². The Morgan fingerprint density at radius 3 is 2.80 bits per heavy atom. The summed E-state index contributed by atoms with van der Waals surface area (Å²) in [4.78, 5) is 0. The van der Waals surface area contributed by atoms with Crippen molar-refractivity contribution >= 4 is 0 Å². The van der Waals surface area contributed by atoms with Gasteiger partial charge in [-0.2, -0.15) is 0 Å². The maximum absolute atomic E-state index is 5.92. The molecule has 1 aliphatic heterocycles. The summed E-state index contributed by atoms with van der Waals surface area (Å²) in [6.07, 6.45) is 2.35. The average Bonchev–Trinajstić information content (AvgIpc) is 1.88. The van der Waals surface area contributed by atoms with E-state index >= 15 is 0 Å². The standard InChI is InChI=1S/C8H18N2/c1-3-8-7(9)4-6(2)5-10-8/h6-8,10H,3-5,9H2,1-2H3. The summed E-state index contributed by atoms with van der Waals surface area (Å²) >= 11 is 0. The monoisotopic (exact) mass is 142 g/mol. The molecule has 1 rings (SSSR count). The SMILES string of the molecule is CCC1NCC(C)CC1N. The van der Waals surface area contributed by atoms with E-state index in [1.54, 1.807) is 0 Å². The van der Waals surface area contributed by atoms with Crippen molar-refractivity contribution in [3.63, 3.8) is 0 Å². The Morgan fingerprint density at radius 2 is 2.30 bits per heavy atom. The normalized spacial score (nSPS) is 41.7. The third-order valence-electron chi connectivity index (χ3n) is 2.36. The van der Waals surface area contributed by atoms with Gasteiger partial charge in [-0.25, -0.2) is 0 Å². The van der Waals surface area contributed by atoms with Crippen molar-refractivity contribution < 1.29 is 0 Å². The van der Waals surface area contributed by atoms with Crippen LogP contribution in [0.2, 0.25) is 0 Å². The summed E-state index contributed by atoms with van der Waals surface area (Å²) in [5, 5.41) is 3.44. The van der Waals surface area contributed by atoms with Crippen molar-refractivity contribution in [3.8, 4) is 0 Å². The third-order valence-corrected chi connectivity index (χ3v) is 2.36. The van der Waals surface area contributed by atoms with E-state index in [1.165, 1.54) is 6.42 Å². The lowest BCUT2D eigenvalue weighted by Crippen LogP contribution is -2.51. The van der Waals surface area contributed by atoms with Crippen LogP contribution in [-0.4, -0.2) is 18.6 Å². The number of nitrogens with two attached hydrogens (primary N) is 1. The summed E-state index contributed by atoms with van der Waals surface area (Å²) in [6.45, 7) is 5.58. The molecule has 1 heterocycles. The molecule has 3 unspecified atom stereocenters. The largest absolute Gasteiger partial charge is 0.326 e. The third kappa shape index (κ3) is 1.70. The van der Waals surface area contributed by atoms with Gasteiger partial charge in [0.05, 0.1) is 0 Å². The number of hydrogen-bond acceptors (Lipinski definition) is 2. The molecule has 1 aliphatic rings. The Labute approximate surface area is 63.2 Å². The van der Waals surface area contributed by atoms with Crippen LogP contribution in [0.3, 0.4) is 0 Å². The van der Waals surface area contributed by atoms with Crippen molar-refractivity contribution in [2.75, 3.05) is 6.54 Å². The minimum absolute atomic E-state index is 0.383. The second-order valence-corrected chi connectivity index (χ2v) is 3.43. The molecule has 0 bridgehead atoms. The van der Waals surface area contributed by atoms with E-state index in [2.05, 4.69) is 19.2 Å². The lowest BCUT2D eigenvalue weighted by Gasteiger charge is -2.32. The second-order valence-electron chi connectivity index (χ2n) is 3.43. The molecule has 0 spiro atoms. The highest BCUT2D eigenvalue weighted by Crippen LogP contribution is 2.13. The molecule has 1 fully saturated rings. The van der Waals surface area contributed by atoms with Crippen LogP contribution in [0.4, 0.5) is 0 Å². The summed E-state index contributed by atoms with van der Waals surface area (Å²) < 4.78 is 0. The van der Waals surface area contributed by atoms with Gasteiger partial charge in [0.2, 0.25) is 0 Å². The molecule has 2 nitrogen and oxygen atoms in total. The van der Waals surface area contributed by atoms with Crippen LogP contribution < -0.4 is 11.1 Å². The lowest BCUT2D eigenvalue weighted by atomic mass is 9.91. The van der Waals surface area contributed by atoms with Gasteiger partial charge in [-0.05, 0) is 25.3 Å². The van der Waals surface area contributed by atoms with E-state index < -0.39 is 0 Å². The molecular formula is C8H18N2. The van der Waals surface area contributed by atoms with E-state index in [4.69, 9.17) is 5.73 Å². The fourth-order valence-corrected chi connectivity index (χ4v) is 1.66. The zero-order valence-electron chi connectivity index (χ0n) is 6.93. The van der Waals surface area contributed by atoms with Crippen molar-refractivity contribution in [2.45, 2.75) is 38.8 Å². The molecule has 0 amide bonds. The predicted octanol–water partition coefficient (Wildman–Crippen LogP) is 0.722. The molecule has 60 valence electrons. The summed E-state index contributed by atoms with van der Waals surface area (Å²) in [6, 6.07) is 0.949. The molecule has 0 saturated carbocycles. The predicted molar refractivity (Wildman–Crippen MR) is 43.8 cm³/mol. The summed E-state index contributed by atoms with van der Waals surface area (Å²) in [5.41, 5.74) is 5.92. The highest BCUT2D eigenvalue weighted by Gasteiger charge is 2.23. The van der Waals surface area contributed by atoms with Crippen molar-refractivity contribution in [1.82, 2.24) is 5.32 Å². The zero-order chi connectivity index (χ0) is 7.56. The Bertz CT molecular complexity index is 103. The Morgan fingerprint density at radius 1 is 1.60 bits per heavy atom. The Hall–Kier alpha value is -0.0800. The summed E-state index contributed by atoms with van der Waals surface area (Å²) in [5.74, 6) is 0.762. The topological polar surface area (TPSA) is 38.0 Å². The van der Waals surface area contributed by atoms with Crippen LogP contribution in [0.5, 0.6) is 0 Å². The van der Waals surface area contributed by atoms with E-state index in [1.807, 2.05) is 0 Å². The number of piperidine rings is 1. The minimum atomic E-state index is 0.383. The molecule has 2 heteroatoms. The first-order valence-electron chi connectivity index (χ1n) is 4.23. The first-order valence-corrected chi connectivity index (χ1v) is 4.23. The quantitative estimate of drug-likeness (QED) is 0.566. The van der Waals surface area contributed by atoms with Crippen molar-refractivity contribution in [1.29, 1.82) is 0 Å². The van der Waals surface area contributed by atoms with Crippen LogP contribution in [0.1, 0.15) is 26.7 Å². The van der Waals surface area contributed by atoms with Crippen LogP contribution >= 0.6 is 0 Å². The smallest absolute Gasteiger partial charge is 0.0216 e. The van der Waals surface area contributed by atoms with E-state index in [0.29, 0.717) is 12.1 Å². The summed E-state index contributed by atoms with van der Waals surface area (Å²) in [7, 11) is 0. The van der Waals surface area contributed by atoms with Gasteiger partial charge in [0.15, 0.2) is 0 Å². The second kappa shape index (κ2) is 3.35. The van der Waals surface area contributed by atoms with Gasteiger partial charge in [0.25, 0.3) is 0 Å². The number of hydrogen-bond donors (Lipinski definition) is 2. The van der Waals surface area contributed by atoms with E-state index in [-0.39, 0.29) is 0 Å². The van der Waals surface area contributed by atoms with E-state index in [9.17, 15) is 0 Å². The van der Waals surface area contributed by atoms with Crippen molar-refractivity contribution in [3.05, 3.63) is 0 Å². The van der Waals surface area contributed by atoms with Crippen LogP contribution in [0, 0.1) is 5.92 Å². The average molecular weight is 142 g/mol. The Balaban J connectivity index is 2.36. The molecule has 3 N–H and O–H groups in total. The lowest BCUT2D eigenvalue weighted by molar-refractivity contribution is 0.282. The van der Waals surface area contributed by atoms with Crippen molar-refractivity contribution in [2.24, 2.45) is 11.7 Å². The zero-order valence-corrected chi connectivity index (χ0v) is 6.93. The highest BCUT2D eigenvalue weighted by atomic mass is 15.0. The van der Waals surface area contributed by atoms with Gasteiger partial charge in [0, 0.05) is 12.1 Å².